The van der Waals surface area contributed by atoms with E-state index >= 15 is 0 Å². The van der Waals surface area contributed by atoms with Gasteiger partial charge in [-0.2, -0.15) is 0 Å². The van der Waals surface area contributed by atoms with Gasteiger partial charge in [-0.3, -0.25) is 4.79 Å². The maximum atomic E-state index is 13.4. The molecule has 94 valence electrons. The van der Waals surface area contributed by atoms with Gasteiger partial charge in [0.2, 0.25) is 0 Å². The lowest BCUT2D eigenvalue weighted by Gasteiger charge is -2.08. The average molecular weight is 246 g/mol. The standard InChI is InChI=1S/C14H15FN2O/c1-4-12-16-13(9(3)14(18)17-12)10-5-8(2)6-11(15)7-10/h5-7H,4H2,1-3H3,(H,16,17,18). The molecule has 0 atom stereocenters. The fourth-order valence-electron chi connectivity index (χ4n) is 1.90. The van der Waals surface area contributed by atoms with Crippen LogP contribution in [0.3, 0.4) is 0 Å². The summed E-state index contributed by atoms with van der Waals surface area (Å²) >= 11 is 0. The topological polar surface area (TPSA) is 45.8 Å². The number of aromatic nitrogens is 2. The molecule has 0 fully saturated rings. The number of benzene rings is 1. The largest absolute Gasteiger partial charge is 0.310 e. The molecule has 1 aromatic carbocycles. The van der Waals surface area contributed by atoms with Gasteiger partial charge in [-0.1, -0.05) is 6.92 Å². The molecule has 0 bridgehead atoms. The molecule has 0 aliphatic rings. The number of nitrogens with zero attached hydrogens (tertiary/aromatic N) is 1. The first-order chi connectivity index (χ1) is 8.51. The molecule has 1 heterocycles. The Morgan fingerprint density at radius 1 is 1.28 bits per heavy atom. The summed E-state index contributed by atoms with van der Waals surface area (Å²) in [5, 5.41) is 0. The molecule has 0 radical (unpaired) electrons. The second kappa shape index (κ2) is 4.72. The van der Waals surface area contributed by atoms with E-state index in [1.54, 1.807) is 6.92 Å². The van der Waals surface area contributed by atoms with Crippen molar-refractivity contribution in [1.29, 1.82) is 0 Å². The zero-order chi connectivity index (χ0) is 13.3. The number of nitrogens with one attached hydrogen (secondary N) is 1. The molecule has 0 unspecified atom stereocenters. The Labute approximate surface area is 105 Å². The molecular formula is C14H15FN2O. The summed E-state index contributed by atoms with van der Waals surface area (Å²) < 4.78 is 13.4. The number of H-pyrrole nitrogens is 1. The molecule has 0 amide bonds. The lowest BCUT2D eigenvalue weighted by molar-refractivity contribution is 0.627. The number of aryl methyl sites for hydroxylation is 2. The molecule has 0 saturated carbocycles. The minimum Gasteiger partial charge on any atom is -0.310 e. The van der Waals surface area contributed by atoms with E-state index in [4.69, 9.17) is 0 Å². The summed E-state index contributed by atoms with van der Waals surface area (Å²) in [5.41, 5.74) is 2.35. The number of hydrogen-bond donors (Lipinski definition) is 1. The fraction of sp³-hybridized carbons (Fsp3) is 0.286. The minimum absolute atomic E-state index is 0.168. The van der Waals surface area contributed by atoms with Crippen LogP contribution >= 0.6 is 0 Å². The highest BCUT2D eigenvalue weighted by molar-refractivity contribution is 5.63. The van der Waals surface area contributed by atoms with E-state index in [9.17, 15) is 9.18 Å². The van der Waals surface area contributed by atoms with Crippen LogP contribution in [0.25, 0.3) is 11.3 Å². The predicted molar refractivity (Wildman–Crippen MR) is 69.1 cm³/mol. The van der Waals surface area contributed by atoms with Crippen LogP contribution in [0, 0.1) is 19.7 Å². The second-order valence-electron chi connectivity index (χ2n) is 4.36. The average Bonchev–Trinajstić information content (AvgIpc) is 2.31. The van der Waals surface area contributed by atoms with Gasteiger partial charge in [0.15, 0.2) is 0 Å². The monoisotopic (exact) mass is 246 g/mol. The zero-order valence-corrected chi connectivity index (χ0v) is 10.7. The van der Waals surface area contributed by atoms with Gasteiger partial charge in [-0.25, -0.2) is 9.37 Å². The first-order valence-electron chi connectivity index (χ1n) is 5.88. The van der Waals surface area contributed by atoms with Crippen LogP contribution in [-0.4, -0.2) is 9.97 Å². The van der Waals surface area contributed by atoms with E-state index in [0.29, 0.717) is 29.1 Å². The molecule has 18 heavy (non-hydrogen) atoms. The summed E-state index contributed by atoms with van der Waals surface area (Å²) in [6, 6.07) is 4.69. The smallest absolute Gasteiger partial charge is 0.254 e. The van der Waals surface area contributed by atoms with Gasteiger partial charge in [0, 0.05) is 17.5 Å². The minimum atomic E-state index is -0.315. The molecular weight excluding hydrogens is 231 g/mol. The summed E-state index contributed by atoms with van der Waals surface area (Å²) in [6.45, 7) is 5.42. The van der Waals surface area contributed by atoms with Crippen molar-refractivity contribution in [3.8, 4) is 11.3 Å². The lowest BCUT2D eigenvalue weighted by atomic mass is 10.0. The van der Waals surface area contributed by atoms with E-state index in [0.717, 1.165) is 5.56 Å². The van der Waals surface area contributed by atoms with Gasteiger partial charge in [0.25, 0.3) is 5.56 Å². The second-order valence-corrected chi connectivity index (χ2v) is 4.36. The summed E-state index contributed by atoms with van der Waals surface area (Å²) in [5.74, 6) is 0.298. The van der Waals surface area contributed by atoms with Gasteiger partial charge in [0.1, 0.15) is 11.6 Å². The van der Waals surface area contributed by atoms with E-state index < -0.39 is 0 Å². The molecule has 3 nitrogen and oxygen atoms in total. The van der Waals surface area contributed by atoms with Gasteiger partial charge < -0.3 is 4.98 Å². The first-order valence-corrected chi connectivity index (χ1v) is 5.88. The number of aromatic amines is 1. The van der Waals surface area contributed by atoms with E-state index in [1.165, 1.54) is 12.1 Å². The van der Waals surface area contributed by atoms with Crippen molar-refractivity contribution in [1.82, 2.24) is 9.97 Å². The van der Waals surface area contributed by atoms with Crippen molar-refractivity contribution in [3.05, 3.63) is 51.3 Å². The summed E-state index contributed by atoms with van der Waals surface area (Å²) in [6.07, 6.45) is 0.636. The van der Waals surface area contributed by atoms with Crippen LogP contribution in [0.4, 0.5) is 4.39 Å². The Morgan fingerprint density at radius 2 is 2.00 bits per heavy atom. The molecule has 0 saturated heterocycles. The summed E-state index contributed by atoms with van der Waals surface area (Å²) in [4.78, 5) is 18.9. The SMILES string of the molecule is CCc1nc(-c2cc(C)cc(F)c2)c(C)c(=O)[nH]1. The van der Waals surface area contributed by atoms with Crippen molar-refractivity contribution in [2.24, 2.45) is 0 Å². The number of halogens is 1. The molecule has 1 aromatic heterocycles. The van der Waals surface area contributed by atoms with Gasteiger partial charge in [-0.05, 0) is 37.6 Å². The van der Waals surface area contributed by atoms with Crippen molar-refractivity contribution in [2.45, 2.75) is 27.2 Å². The quantitative estimate of drug-likeness (QED) is 0.885. The first kappa shape index (κ1) is 12.5. The molecule has 0 spiro atoms. The molecule has 2 aromatic rings. The van der Waals surface area contributed by atoms with Crippen LogP contribution in [0.5, 0.6) is 0 Å². The molecule has 0 aliphatic heterocycles. The molecule has 1 N–H and O–H groups in total. The van der Waals surface area contributed by atoms with Crippen LogP contribution in [0.1, 0.15) is 23.9 Å². The number of hydrogen-bond acceptors (Lipinski definition) is 2. The van der Waals surface area contributed by atoms with Crippen molar-refractivity contribution in [2.75, 3.05) is 0 Å². The highest BCUT2D eigenvalue weighted by Crippen LogP contribution is 2.21. The highest BCUT2D eigenvalue weighted by atomic mass is 19.1. The third kappa shape index (κ3) is 2.32. The Hall–Kier alpha value is -1.97. The van der Waals surface area contributed by atoms with Gasteiger partial charge in [-0.15, -0.1) is 0 Å². The van der Waals surface area contributed by atoms with E-state index in [1.807, 2.05) is 19.9 Å². The highest BCUT2D eigenvalue weighted by Gasteiger charge is 2.10. The third-order valence-electron chi connectivity index (χ3n) is 2.85. The third-order valence-corrected chi connectivity index (χ3v) is 2.85. The maximum absolute atomic E-state index is 13.4. The molecule has 0 aliphatic carbocycles. The molecule has 2 rings (SSSR count). The lowest BCUT2D eigenvalue weighted by Crippen LogP contribution is -2.15. The van der Waals surface area contributed by atoms with E-state index in [2.05, 4.69) is 9.97 Å². The van der Waals surface area contributed by atoms with Crippen molar-refractivity contribution >= 4 is 0 Å². The predicted octanol–water partition coefficient (Wildman–Crippen LogP) is 2.76. The number of rotatable bonds is 2. The van der Waals surface area contributed by atoms with Crippen molar-refractivity contribution < 1.29 is 4.39 Å². The van der Waals surface area contributed by atoms with Gasteiger partial charge >= 0.3 is 0 Å². The van der Waals surface area contributed by atoms with E-state index in [-0.39, 0.29) is 11.4 Å². The van der Waals surface area contributed by atoms with Crippen molar-refractivity contribution in [3.63, 3.8) is 0 Å². The van der Waals surface area contributed by atoms with Crippen LogP contribution in [0.2, 0.25) is 0 Å². The van der Waals surface area contributed by atoms with Gasteiger partial charge in [0.05, 0.1) is 5.69 Å². The van der Waals surface area contributed by atoms with Crippen LogP contribution < -0.4 is 5.56 Å². The Balaban J connectivity index is 2.69. The van der Waals surface area contributed by atoms with Crippen LogP contribution in [0.15, 0.2) is 23.0 Å². The zero-order valence-electron chi connectivity index (χ0n) is 10.7. The Bertz CT molecular complexity index is 626. The van der Waals surface area contributed by atoms with Crippen LogP contribution in [-0.2, 0) is 6.42 Å². The molecule has 4 heteroatoms. The summed E-state index contributed by atoms with van der Waals surface area (Å²) in [7, 11) is 0. The maximum Gasteiger partial charge on any atom is 0.254 e. The Kier molecular flexibility index (Phi) is 3.28. The Morgan fingerprint density at radius 3 is 2.61 bits per heavy atom. The normalized spacial score (nSPS) is 10.7. The fourth-order valence-corrected chi connectivity index (χ4v) is 1.90.